The van der Waals surface area contributed by atoms with Crippen LogP contribution in [0, 0.1) is 5.41 Å². The minimum atomic E-state index is 0.160. The maximum absolute atomic E-state index is 6.07. The van der Waals surface area contributed by atoms with E-state index in [4.69, 9.17) is 4.74 Å². The van der Waals surface area contributed by atoms with Crippen molar-refractivity contribution in [3.8, 4) is 5.75 Å². The van der Waals surface area contributed by atoms with Crippen LogP contribution < -0.4 is 4.74 Å². The monoisotopic (exact) mass is 275 g/mol. The lowest BCUT2D eigenvalue weighted by Gasteiger charge is -2.29. The lowest BCUT2D eigenvalue weighted by Crippen LogP contribution is -2.29. The molecule has 2 aromatic rings. The zero-order valence-corrected chi connectivity index (χ0v) is 12.5. The summed E-state index contributed by atoms with van der Waals surface area (Å²) in [5.41, 5.74) is 1.14. The Labute approximate surface area is 120 Å². The van der Waals surface area contributed by atoms with E-state index in [2.05, 4.69) is 37.5 Å². The van der Waals surface area contributed by atoms with Crippen LogP contribution in [0.15, 0.2) is 36.5 Å². The van der Waals surface area contributed by atoms with Gasteiger partial charge in [0.2, 0.25) is 0 Å². The van der Waals surface area contributed by atoms with E-state index in [1.54, 1.807) is 0 Å². The fraction of sp³-hybridized carbons (Fsp3) is 0.438. The lowest BCUT2D eigenvalue weighted by atomic mass is 9.85. The Morgan fingerprint density at radius 3 is 2.63 bits per heavy atom. The van der Waals surface area contributed by atoms with E-state index in [1.807, 2.05) is 30.5 Å². The Morgan fingerprint density at radius 2 is 1.95 bits per heavy atom. The predicted molar refractivity (Wildman–Crippen MR) is 84.1 cm³/mol. The normalized spacial score (nSPS) is 11.7. The fourth-order valence-electron chi connectivity index (χ4n) is 2.16. The van der Waals surface area contributed by atoms with Gasteiger partial charge in [-0.3, -0.25) is 4.98 Å². The van der Waals surface area contributed by atoms with Gasteiger partial charge in [0.1, 0.15) is 5.75 Å². The average Bonchev–Trinajstić information content (AvgIpc) is 2.49. The highest BCUT2D eigenvalue weighted by molar-refractivity contribution is 7.80. The Kier molecular flexibility index (Phi) is 4.70. The molecule has 3 heteroatoms. The summed E-state index contributed by atoms with van der Waals surface area (Å²) in [5, 5.41) is 1.07. The quantitative estimate of drug-likeness (QED) is 0.792. The number of rotatable bonds is 6. The highest BCUT2D eigenvalue weighted by Crippen LogP contribution is 2.31. The van der Waals surface area contributed by atoms with Gasteiger partial charge in [-0.15, -0.1) is 0 Å². The van der Waals surface area contributed by atoms with Crippen LogP contribution in [0.2, 0.25) is 0 Å². The second-order valence-corrected chi connectivity index (χ2v) is 5.30. The van der Waals surface area contributed by atoms with E-state index in [-0.39, 0.29) is 5.41 Å². The van der Waals surface area contributed by atoms with Crippen LogP contribution in [0.3, 0.4) is 0 Å². The second-order valence-electron chi connectivity index (χ2n) is 4.98. The summed E-state index contributed by atoms with van der Waals surface area (Å²) in [6.07, 6.45) is 3.97. The van der Waals surface area contributed by atoms with Gasteiger partial charge < -0.3 is 4.74 Å². The van der Waals surface area contributed by atoms with E-state index in [9.17, 15) is 0 Å². The maximum atomic E-state index is 6.07. The number of aromatic nitrogens is 1. The van der Waals surface area contributed by atoms with E-state index in [1.165, 1.54) is 0 Å². The maximum Gasteiger partial charge on any atom is 0.128 e. The van der Waals surface area contributed by atoms with E-state index in [0.29, 0.717) is 6.61 Å². The Balaban J connectivity index is 2.22. The molecule has 0 aliphatic carbocycles. The molecule has 0 aliphatic rings. The number of thiol groups is 1. The second kappa shape index (κ2) is 6.29. The van der Waals surface area contributed by atoms with Gasteiger partial charge in [-0.25, -0.2) is 0 Å². The zero-order chi connectivity index (χ0) is 13.7. The molecule has 1 aromatic carbocycles. The van der Waals surface area contributed by atoms with Gasteiger partial charge in [-0.05, 0) is 42.9 Å². The average molecular weight is 275 g/mol. The summed E-state index contributed by atoms with van der Waals surface area (Å²) in [5.74, 6) is 1.77. The first-order valence-electron chi connectivity index (χ1n) is 6.82. The third kappa shape index (κ3) is 3.03. The Morgan fingerprint density at radius 1 is 1.16 bits per heavy atom. The van der Waals surface area contributed by atoms with E-state index < -0.39 is 0 Å². The molecule has 0 atom stereocenters. The minimum absolute atomic E-state index is 0.160. The number of hydrogen-bond donors (Lipinski definition) is 1. The topological polar surface area (TPSA) is 22.1 Å². The molecule has 0 radical (unpaired) electrons. The summed E-state index contributed by atoms with van der Waals surface area (Å²) in [4.78, 5) is 4.35. The molecule has 0 unspecified atom stereocenters. The first kappa shape index (κ1) is 14.2. The van der Waals surface area contributed by atoms with Gasteiger partial charge >= 0.3 is 0 Å². The zero-order valence-electron chi connectivity index (χ0n) is 11.6. The molecule has 19 heavy (non-hydrogen) atoms. The molecule has 0 N–H and O–H groups in total. The van der Waals surface area contributed by atoms with Crippen LogP contribution in [0.1, 0.15) is 26.7 Å². The molecule has 1 heterocycles. The predicted octanol–water partition coefficient (Wildman–Crippen LogP) is 4.35. The molecule has 1 aromatic heterocycles. The number of fused-ring (bicyclic) bond motifs is 1. The van der Waals surface area contributed by atoms with Crippen molar-refractivity contribution in [3.05, 3.63) is 36.5 Å². The van der Waals surface area contributed by atoms with Crippen LogP contribution in [0.25, 0.3) is 10.9 Å². The van der Waals surface area contributed by atoms with Crippen molar-refractivity contribution in [2.45, 2.75) is 26.7 Å². The lowest BCUT2D eigenvalue weighted by molar-refractivity contribution is 0.158. The summed E-state index contributed by atoms with van der Waals surface area (Å²) in [6, 6.07) is 10.0. The summed E-state index contributed by atoms with van der Waals surface area (Å²) in [6.45, 7) is 5.11. The summed E-state index contributed by atoms with van der Waals surface area (Å²) >= 11 is 4.49. The van der Waals surface area contributed by atoms with Crippen molar-refractivity contribution in [2.75, 3.05) is 12.4 Å². The molecule has 0 bridgehead atoms. The van der Waals surface area contributed by atoms with Crippen LogP contribution in [-0.4, -0.2) is 17.3 Å². The highest BCUT2D eigenvalue weighted by atomic mass is 32.1. The molecule has 0 saturated heterocycles. The van der Waals surface area contributed by atoms with E-state index in [0.717, 1.165) is 35.2 Å². The van der Waals surface area contributed by atoms with Crippen molar-refractivity contribution in [3.63, 3.8) is 0 Å². The first-order valence-corrected chi connectivity index (χ1v) is 7.45. The van der Waals surface area contributed by atoms with Gasteiger partial charge in [0, 0.05) is 17.0 Å². The van der Waals surface area contributed by atoms with Crippen molar-refractivity contribution in [1.82, 2.24) is 4.98 Å². The van der Waals surface area contributed by atoms with Crippen molar-refractivity contribution in [1.29, 1.82) is 0 Å². The number of nitrogens with zero attached hydrogens (tertiary/aromatic N) is 1. The largest absolute Gasteiger partial charge is 0.492 e. The molecular formula is C16H21NOS. The molecular weight excluding hydrogens is 254 g/mol. The SMILES string of the molecule is CCC(CC)(CS)COc1cccc2ncccc12. The van der Waals surface area contributed by atoms with Crippen LogP contribution in [0.4, 0.5) is 0 Å². The third-order valence-corrected chi connectivity index (χ3v) is 4.65. The van der Waals surface area contributed by atoms with Crippen molar-refractivity contribution >= 4 is 23.5 Å². The Bertz CT molecular complexity index is 524. The van der Waals surface area contributed by atoms with Crippen LogP contribution in [0.5, 0.6) is 5.75 Å². The summed E-state index contributed by atoms with van der Waals surface area (Å²) < 4.78 is 6.07. The van der Waals surface area contributed by atoms with Gasteiger partial charge in [0.05, 0.1) is 12.1 Å². The highest BCUT2D eigenvalue weighted by Gasteiger charge is 2.25. The molecule has 2 nitrogen and oxygen atoms in total. The number of hydrogen-bond acceptors (Lipinski definition) is 3. The molecule has 0 amide bonds. The van der Waals surface area contributed by atoms with Gasteiger partial charge in [0.25, 0.3) is 0 Å². The molecule has 2 rings (SSSR count). The third-order valence-electron chi connectivity index (χ3n) is 3.97. The molecule has 102 valence electrons. The summed E-state index contributed by atoms with van der Waals surface area (Å²) in [7, 11) is 0. The molecule has 0 saturated carbocycles. The van der Waals surface area contributed by atoms with Gasteiger partial charge in [0.15, 0.2) is 0 Å². The number of pyridine rings is 1. The van der Waals surface area contributed by atoms with Crippen molar-refractivity contribution in [2.24, 2.45) is 5.41 Å². The number of benzene rings is 1. The standard InChI is InChI=1S/C16H21NOS/c1-3-16(4-2,12-19)11-18-15-9-5-8-14-13(15)7-6-10-17-14/h5-10,19H,3-4,11-12H2,1-2H3. The van der Waals surface area contributed by atoms with Gasteiger partial charge in [-0.1, -0.05) is 19.9 Å². The van der Waals surface area contributed by atoms with Crippen molar-refractivity contribution < 1.29 is 4.74 Å². The first-order chi connectivity index (χ1) is 9.24. The molecule has 0 aliphatic heterocycles. The molecule has 0 fully saturated rings. The van der Waals surface area contributed by atoms with Crippen LogP contribution >= 0.6 is 12.6 Å². The smallest absolute Gasteiger partial charge is 0.128 e. The van der Waals surface area contributed by atoms with Gasteiger partial charge in [-0.2, -0.15) is 12.6 Å². The van der Waals surface area contributed by atoms with Crippen LogP contribution in [-0.2, 0) is 0 Å². The minimum Gasteiger partial charge on any atom is -0.492 e. The Hall–Kier alpha value is -1.22. The fourth-order valence-corrected chi connectivity index (χ4v) is 2.69. The molecule has 0 spiro atoms. The number of ether oxygens (including phenoxy) is 1. The van der Waals surface area contributed by atoms with E-state index >= 15 is 0 Å².